The van der Waals surface area contributed by atoms with Crippen LogP contribution >= 0.6 is 0 Å². The van der Waals surface area contributed by atoms with Crippen molar-refractivity contribution in [3.05, 3.63) is 89.2 Å². The van der Waals surface area contributed by atoms with Crippen LogP contribution in [0.3, 0.4) is 0 Å². The Bertz CT molecular complexity index is 1030. The zero-order chi connectivity index (χ0) is 21.6. The molecular formula is C25H28N4O2. The van der Waals surface area contributed by atoms with Gasteiger partial charge in [-0.15, -0.1) is 0 Å². The van der Waals surface area contributed by atoms with Gasteiger partial charge in [0.15, 0.2) is 5.69 Å². The van der Waals surface area contributed by atoms with Gasteiger partial charge in [-0.2, -0.15) is 5.10 Å². The van der Waals surface area contributed by atoms with Crippen molar-refractivity contribution in [3.63, 3.8) is 0 Å². The average molecular weight is 417 g/mol. The number of hydrogen-bond acceptors (Lipinski definition) is 3. The maximum Gasteiger partial charge on any atom is 0.272 e. The second-order valence-corrected chi connectivity index (χ2v) is 8.10. The molecule has 0 saturated carbocycles. The summed E-state index contributed by atoms with van der Waals surface area (Å²) in [4.78, 5) is 27.7. The van der Waals surface area contributed by atoms with Gasteiger partial charge in [0, 0.05) is 31.7 Å². The van der Waals surface area contributed by atoms with Gasteiger partial charge in [-0.25, -0.2) is 0 Å². The molecule has 1 aromatic heterocycles. The lowest BCUT2D eigenvalue weighted by atomic mass is 10.1. The Labute approximate surface area is 182 Å². The number of fused-ring (bicyclic) bond motifs is 1. The molecular weight excluding hydrogens is 388 g/mol. The van der Waals surface area contributed by atoms with E-state index in [9.17, 15) is 9.59 Å². The van der Waals surface area contributed by atoms with Gasteiger partial charge in [0.1, 0.15) is 5.69 Å². The van der Waals surface area contributed by atoms with Gasteiger partial charge in [0.2, 0.25) is 0 Å². The molecule has 0 spiro atoms. The van der Waals surface area contributed by atoms with Crippen LogP contribution in [0.25, 0.3) is 0 Å². The van der Waals surface area contributed by atoms with Gasteiger partial charge in [0.25, 0.3) is 11.8 Å². The largest absolute Gasteiger partial charge is 0.348 e. The number of aromatic nitrogens is 2. The minimum absolute atomic E-state index is 0.0134. The second-order valence-electron chi connectivity index (χ2n) is 8.10. The average Bonchev–Trinajstić information content (AvgIpc) is 3.16. The first-order chi connectivity index (χ1) is 15.1. The lowest BCUT2D eigenvalue weighted by Crippen LogP contribution is -2.33. The van der Waals surface area contributed by atoms with E-state index in [-0.39, 0.29) is 17.9 Å². The molecule has 6 nitrogen and oxygen atoms in total. The number of carbonyl (C=O) groups is 2. The monoisotopic (exact) mass is 416 g/mol. The summed E-state index contributed by atoms with van der Waals surface area (Å²) in [5.41, 5.74) is 3.13. The number of nitrogens with one attached hydrogen (secondary N) is 1. The Kier molecular flexibility index (Phi) is 6.46. The Balaban J connectivity index is 1.39. The van der Waals surface area contributed by atoms with Crippen LogP contribution in [0.5, 0.6) is 0 Å². The second kappa shape index (κ2) is 9.60. The molecule has 6 heteroatoms. The molecule has 0 aliphatic carbocycles. The molecule has 0 bridgehead atoms. The van der Waals surface area contributed by atoms with Crippen LogP contribution in [-0.2, 0) is 19.5 Å². The molecule has 4 rings (SSSR count). The van der Waals surface area contributed by atoms with Crippen molar-refractivity contribution in [1.29, 1.82) is 0 Å². The van der Waals surface area contributed by atoms with E-state index in [2.05, 4.69) is 22.5 Å². The Morgan fingerprint density at radius 1 is 1.03 bits per heavy atom. The number of nitrogens with zero attached hydrogens (tertiary/aromatic N) is 3. The lowest BCUT2D eigenvalue weighted by Gasteiger charge is -2.20. The SMILES string of the molecule is C[C@@H](CCc1ccccc1)NC(=O)c1cc2n(n1)CCCN(Cc1ccccc1)C2=O. The highest BCUT2D eigenvalue weighted by Gasteiger charge is 2.26. The highest BCUT2D eigenvalue weighted by molar-refractivity contribution is 5.98. The molecule has 0 radical (unpaired) electrons. The third-order valence-electron chi connectivity index (χ3n) is 5.62. The molecule has 3 aromatic rings. The van der Waals surface area contributed by atoms with Crippen LogP contribution in [0, 0.1) is 0 Å². The lowest BCUT2D eigenvalue weighted by molar-refractivity contribution is 0.0745. The maximum atomic E-state index is 13.1. The van der Waals surface area contributed by atoms with Crippen LogP contribution in [0.15, 0.2) is 66.7 Å². The van der Waals surface area contributed by atoms with Crippen LogP contribution in [0.1, 0.15) is 51.9 Å². The van der Waals surface area contributed by atoms with Gasteiger partial charge in [0.05, 0.1) is 0 Å². The standard InChI is InChI=1S/C25H28N4O2/c1-19(13-14-20-9-4-2-5-10-20)26-24(30)22-17-23-25(31)28(15-8-16-29(23)27-22)18-21-11-6-3-7-12-21/h2-7,9-12,17,19H,8,13-16,18H2,1H3,(H,26,30)/t19-/m0/s1. The van der Waals surface area contributed by atoms with E-state index in [0.717, 1.165) is 24.8 Å². The van der Waals surface area contributed by atoms with Crippen LogP contribution in [-0.4, -0.2) is 39.1 Å². The summed E-state index contributed by atoms with van der Waals surface area (Å²) < 4.78 is 1.68. The fourth-order valence-corrected chi connectivity index (χ4v) is 3.90. The van der Waals surface area contributed by atoms with E-state index in [1.165, 1.54) is 5.56 Å². The predicted octanol–water partition coefficient (Wildman–Crippen LogP) is 3.68. The van der Waals surface area contributed by atoms with Crippen molar-refractivity contribution in [2.45, 2.75) is 45.3 Å². The minimum atomic E-state index is -0.233. The first kappa shape index (κ1) is 20.8. The third kappa shape index (κ3) is 5.20. The van der Waals surface area contributed by atoms with Crippen LogP contribution < -0.4 is 5.32 Å². The van der Waals surface area contributed by atoms with E-state index in [1.807, 2.05) is 60.4 Å². The van der Waals surface area contributed by atoms with E-state index < -0.39 is 0 Å². The summed E-state index contributed by atoms with van der Waals surface area (Å²) in [6, 6.07) is 21.8. The maximum absolute atomic E-state index is 13.1. The normalized spacial score (nSPS) is 14.6. The number of amides is 2. The first-order valence-corrected chi connectivity index (χ1v) is 10.9. The first-order valence-electron chi connectivity index (χ1n) is 10.9. The molecule has 1 N–H and O–H groups in total. The molecule has 2 heterocycles. The zero-order valence-electron chi connectivity index (χ0n) is 17.8. The summed E-state index contributed by atoms with van der Waals surface area (Å²) in [6.07, 6.45) is 2.55. The summed E-state index contributed by atoms with van der Waals surface area (Å²) >= 11 is 0. The summed E-state index contributed by atoms with van der Waals surface area (Å²) in [6.45, 7) is 3.86. The highest BCUT2D eigenvalue weighted by Crippen LogP contribution is 2.17. The highest BCUT2D eigenvalue weighted by atomic mass is 16.2. The number of hydrogen-bond donors (Lipinski definition) is 1. The molecule has 0 fully saturated rings. The summed E-state index contributed by atoms with van der Waals surface area (Å²) in [5, 5.41) is 7.45. The number of carbonyl (C=O) groups excluding carboxylic acids is 2. The van der Waals surface area contributed by atoms with Gasteiger partial charge in [-0.05, 0) is 37.3 Å². The van der Waals surface area contributed by atoms with Gasteiger partial charge in [-0.1, -0.05) is 60.7 Å². The van der Waals surface area contributed by atoms with Crippen molar-refractivity contribution < 1.29 is 9.59 Å². The van der Waals surface area contributed by atoms with Crippen molar-refractivity contribution in [2.24, 2.45) is 0 Å². The molecule has 2 aromatic carbocycles. The van der Waals surface area contributed by atoms with Crippen molar-refractivity contribution in [3.8, 4) is 0 Å². The molecule has 1 atom stereocenters. The Morgan fingerprint density at radius 3 is 2.42 bits per heavy atom. The van der Waals surface area contributed by atoms with E-state index in [4.69, 9.17) is 0 Å². The molecule has 2 amide bonds. The fourth-order valence-electron chi connectivity index (χ4n) is 3.90. The van der Waals surface area contributed by atoms with Crippen molar-refractivity contribution >= 4 is 11.8 Å². The Morgan fingerprint density at radius 2 is 1.71 bits per heavy atom. The molecule has 0 saturated heterocycles. The summed E-state index contributed by atoms with van der Waals surface area (Å²) in [5.74, 6) is -0.312. The quantitative estimate of drug-likeness (QED) is 0.639. The zero-order valence-corrected chi connectivity index (χ0v) is 17.8. The van der Waals surface area contributed by atoms with E-state index in [1.54, 1.807) is 10.7 Å². The molecule has 0 unspecified atom stereocenters. The van der Waals surface area contributed by atoms with E-state index in [0.29, 0.717) is 31.0 Å². The Hall–Kier alpha value is -3.41. The molecule has 160 valence electrons. The number of rotatable bonds is 7. The van der Waals surface area contributed by atoms with Crippen molar-refractivity contribution in [2.75, 3.05) is 6.54 Å². The topological polar surface area (TPSA) is 67.2 Å². The minimum Gasteiger partial charge on any atom is -0.348 e. The van der Waals surface area contributed by atoms with Crippen molar-refractivity contribution in [1.82, 2.24) is 20.0 Å². The summed E-state index contributed by atoms with van der Waals surface area (Å²) in [7, 11) is 0. The predicted molar refractivity (Wildman–Crippen MR) is 120 cm³/mol. The smallest absolute Gasteiger partial charge is 0.272 e. The van der Waals surface area contributed by atoms with Gasteiger partial charge < -0.3 is 10.2 Å². The third-order valence-corrected chi connectivity index (χ3v) is 5.62. The fraction of sp³-hybridized carbons (Fsp3) is 0.320. The van der Waals surface area contributed by atoms with Crippen LogP contribution in [0.4, 0.5) is 0 Å². The number of benzene rings is 2. The van der Waals surface area contributed by atoms with Crippen LogP contribution in [0.2, 0.25) is 0 Å². The molecule has 1 aliphatic heterocycles. The van der Waals surface area contributed by atoms with Gasteiger partial charge >= 0.3 is 0 Å². The number of aryl methyl sites for hydroxylation is 2. The van der Waals surface area contributed by atoms with Gasteiger partial charge in [-0.3, -0.25) is 14.3 Å². The van der Waals surface area contributed by atoms with E-state index >= 15 is 0 Å². The molecule has 1 aliphatic rings. The molecule has 31 heavy (non-hydrogen) atoms.